The van der Waals surface area contributed by atoms with E-state index in [0.717, 1.165) is 17.1 Å². The highest BCUT2D eigenvalue weighted by molar-refractivity contribution is 5.53. The highest BCUT2D eigenvalue weighted by Crippen LogP contribution is 2.18. The number of ether oxygens (including phenoxy) is 1. The maximum atomic E-state index is 5.81. The molecule has 0 aliphatic heterocycles. The van der Waals surface area contributed by atoms with Crippen LogP contribution in [0.15, 0.2) is 18.3 Å². The Morgan fingerprint density at radius 3 is 2.92 bits per heavy atom. The number of imidazole rings is 1. The average molecular weight is 177 g/mol. The largest absolute Gasteiger partial charge is 0.495 e. The van der Waals surface area contributed by atoms with Crippen molar-refractivity contribution >= 4 is 11.5 Å². The van der Waals surface area contributed by atoms with Gasteiger partial charge in [-0.25, -0.2) is 4.98 Å². The number of nitrogens with two attached hydrogens (primary N) is 1. The first-order valence-corrected chi connectivity index (χ1v) is 4.00. The van der Waals surface area contributed by atoms with Gasteiger partial charge in [0, 0.05) is 0 Å². The zero-order valence-corrected chi connectivity index (χ0v) is 7.61. The summed E-state index contributed by atoms with van der Waals surface area (Å²) in [6, 6.07) is 3.74. The molecule has 2 aromatic heterocycles. The number of hydrogen-bond donors (Lipinski definition) is 1. The molecule has 4 nitrogen and oxygen atoms in total. The van der Waals surface area contributed by atoms with Gasteiger partial charge in [0.15, 0.2) is 0 Å². The van der Waals surface area contributed by atoms with Crippen molar-refractivity contribution in [3.63, 3.8) is 0 Å². The lowest BCUT2D eigenvalue weighted by molar-refractivity contribution is 0.412. The fourth-order valence-corrected chi connectivity index (χ4v) is 1.28. The van der Waals surface area contributed by atoms with Crippen LogP contribution in [-0.2, 0) is 0 Å². The fraction of sp³-hybridized carbons (Fsp3) is 0.222. The molecule has 2 aromatic rings. The van der Waals surface area contributed by atoms with Crippen molar-refractivity contribution in [2.75, 3.05) is 12.8 Å². The second-order valence-electron chi connectivity index (χ2n) is 2.88. The molecule has 0 aromatic carbocycles. The van der Waals surface area contributed by atoms with Gasteiger partial charge in [-0.1, -0.05) is 0 Å². The van der Waals surface area contributed by atoms with Crippen LogP contribution in [-0.4, -0.2) is 16.5 Å². The summed E-state index contributed by atoms with van der Waals surface area (Å²) in [5.41, 5.74) is 7.49. The Labute approximate surface area is 76.0 Å². The Bertz CT molecular complexity index is 447. The van der Waals surface area contributed by atoms with Gasteiger partial charge in [-0.2, -0.15) is 0 Å². The van der Waals surface area contributed by atoms with E-state index in [4.69, 9.17) is 10.5 Å². The molecule has 2 N–H and O–H groups in total. The predicted molar refractivity (Wildman–Crippen MR) is 50.9 cm³/mol. The van der Waals surface area contributed by atoms with E-state index in [1.54, 1.807) is 7.11 Å². The molecule has 0 atom stereocenters. The van der Waals surface area contributed by atoms with Gasteiger partial charge in [-0.15, -0.1) is 0 Å². The van der Waals surface area contributed by atoms with E-state index in [-0.39, 0.29) is 0 Å². The van der Waals surface area contributed by atoms with Crippen LogP contribution in [0.1, 0.15) is 5.69 Å². The first kappa shape index (κ1) is 7.91. The van der Waals surface area contributed by atoms with Gasteiger partial charge in [0.1, 0.15) is 17.2 Å². The molecular formula is C9H11N3O. The number of rotatable bonds is 1. The first-order valence-electron chi connectivity index (χ1n) is 4.00. The number of anilines is 1. The second kappa shape index (κ2) is 2.65. The summed E-state index contributed by atoms with van der Waals surface area (Å²) >= 11 is 0. The van der Waals surface area contributed by atoms with Crippen molar-refractivity contribution in [2.45, 2.75) is 6.92 Å². The Morgan fingerprint density at radius 1 is 1.46 bits per heavy atom. The van der Waals surface area contributed by atoms with Crippen molar-refractivity contribution in [1.29, 1.82) is 0 Å². The average Bonchev–Trinajstić information content (AvgIpc) is 2.43. The monoisotopic (exact) mass is 177 g/mol. The predicted octanol–water partition coefficient (Wildman–Crippen LogP) is 1.23. The van der Waals surface area contributed by atoms with Gasteiger partial charge in [-0.3, -0.25) is 4.40 Å². The zero-order chi connectivity index (χ0) is 9.42. The molecule has 0 amide bonds. The Morgan fingerprint density at radius 2 is 2.23 bits per heavy atom. The summed E-state index contributed by atoms with van der Waals surface area (Å²) in [5.74, 6) is 1.44. The molecule has 0 bridgehead atoms. The lowest BCUT2D eigenvalue weighted by Crippen LogP contribution is -1.94. The number of nitrogen functional groups attached to an aromatic ring is 1. The van der Waals surface area contributed by atoms with E-state index in [9.17, 15) is 0 Å². The van der Waals surface area contributed by atoms with Crippen LogP contribution in [0.25, 0.3) is 5.65 Å². The van der Waals surface area contributed by atoms with Gasteiger partial charge in [0.05, 0.1) is 19.0 Å². The van der Waals surface area contributed by atoms with Gasteiger partial charge in [0.2, 0.25) is 0 Å². The summed E-state index contributed by atoms with van der Waals surface area (Å²) < 4.78 is 6.90. The highest BCUT2D eigenvalue weighted by atomic mass is 16.5. The van der Waals surface area contributed by atoms with E-state index in [1.165, 1.54) is 0 Å². The second-order valence-corrected chi connectivity index (χ2v) is 2.88. The quantitative estimate of drug-likeness (QED) is 0.712. The van der Waals surface area contributed by atoms with Crippen LogP contribution in [0.4, 0.5) is 5.82 Å². The molecule has 0 saturated carbocycles. The van der Waals surface area contributed by atoms with Crippen molar-refractivity contribution in [2.24, 2.45) is 0 Å². The number of pyridine rings is 1. The van der Waals surface area contributed by atoms with Crippen LogP contribution in [0.5, 0.6) is 5.75 Å². The van der Waals surface area contributed by atoms with Gasteiger partial charge >= 0.3 is 0 Å². The lowest BCUT2D eigenvalue weighted by Gasteiger charge is -2.00. The molecule has 0 saturated heterocycles. The van der Waals surface area contributed by atoms with Crippen LogP contribution in [0.3, 0.4) is 0 Å². The topological polar surface area (TPSA) is 52.5 Å². The molecule has 2 rings (SSSR count). The number of methoxy groups -OCH3 is 1. The molecule has 0 fully saturated rings. The smallest absolute Gasteiger partial charge is 0.138 e. The van der Waals surface area contributed by atoms with Crippen molar-refractivity contribution in [3.8, 4) is 5.75 Å². The van der Waals surface area contributed by atoms with Crippen LogP contribution in [0.2, 0.25) is 0 Å². The molecule has 0 aliphatic carbocycles. The molecule has 0 aliphatic rings. The minimum absolute atomic E-state index is 0.661. The van der Waals surface area contributed by atoms with Crippen LogP contribution >= 0.6 is 0 Å². The Balaban J connectivity index is 2.75. The Kier molecular flexibility index (Phi) is 1.62. The van der Waals surface area contributed by atoms with Gasteiger partial charge in [0.25, 0.3) is 0 Å². The third-order valence-corrected chi connectivity index (χ3v) is 2.05. The van der Waals surface area contributed by atoms with Crippen molar-refractivity contribution < 1.29 is 4.74 Å². The summed E-state index contributed by atoms with van der Waals surface area (Å²) in [6.45, 7) is 1.88. The number of aromatic nitrogens is 2. The van der Waals surface area contributed by atoms with Crippen LogP contribution < -0.4 is 10.5 Å². The summed E-state index contributed by atoms with van der Waals surface area (Å²) in [6.07, 6.45) is 1.82. The standard InChI is InChI=1S/C9H11N3O/c1-6-9(10)12-5-7(13-2)3-4-8(12)11-6/h3-5H,10H2,1-2H3. The summed E-state index contributed by atoms with van der Waals surface area (Å²) in [5, 5.41) is 0. The van der Waals surface area contributed by atoms with E-state index < -0.39 is 0 Å². The molecule has 13 heavy (non-hydrogen) atoms. The van der Waals surface area contributed by atoms with E-state index >= 15 is 0 Å². The lowest BCUT2D eigenvalue weighted by atomic mass is 10.4. The molecule has 68 valence electrons. The van der Waals surface area contributed by atoms with Gasteiger partial charge in [-0.05, 0) is 19.1 Å². The Hall–Kier alpha value is -1.71. The zero-order valence-electron chi connectivity index (χ0n) is 7.61. The van der Waals surface area contributed by atoms with E-state index in [1.807, 2.05) is 29.7 Å². The third kappa shape index (κ3) is 1.11. The highest BCUT2D eigenvalue weighted by Gasteiger charge is 2.04. The number of aryl methyl sites for hydroxylation is 1. The molecule has 0 spiro atoms. The third-order valence-electron chi connectivity index (χ3n) is 2.05. The van der Waals surface area contributed by atoms with E-state index in [0.29, 0.717) is 5.82 Å². The van der Waals surface area contributed by atoms with E-state index in [2.05, 4.69) is 4.98 Å². The fourth-order valence-electron chi connectivity index (χ4n) is 1.28. The molecule has 0 radical (unpaired) electrons. The van der Waals surface area contributed by atoms with Crippen molar-refractivity contribution in [3.05, 3.63) is 24.0 Å². The first-order chi connectivity index (χ1) is 6.22. The number of fused-ring (bicyclic) bond motifs is 1. The SMILES string of the molecule is COc1ccc2nc(C)c(N)n2c1. The molecule has 0 unspecified atom stereocenters. The minimum atomic E-state index is 0.661. The molecular weight excluding hydrogens is 166 g/mol. The normalized spacial score (nSPS) is 10.6. The number of hydrogen-bond acceptors (Lipinski definition) is 3. The number of nitrogens with zero attached hydrogens (tertiary/aromatic N) is 2. The molecule has 2 heterocycles. The van der Waals surface area contributed by atoms with Gasteiger partial charge < -0.3 is 10.5 Å². The summed E-state index contributed by atoms with van der Waals surface area (Å²) in [4.78, 5) is 4.27. The van der Waals surface area contributed by atoms with Crippen LogP contribution in [0, 0.1) is 6.92 Å². The summed E-state index contributed by atoms with van der Waals surface area (Å²) in [7, 11) is 1.63. The maximum Gasteiger partial charge on any atom is 0.138 e. The van der Waals surface area contributed by atoms with Crippen molar-refractivity contribution in [1.82, 2.24) is 9.38 Å². The molecule has 4 heteroatoms. The maximum absolute atomic E-state index is 5.81. The minimum Gasteiger partial charge on any atom is -0.495 e.